The van der Waals surface area contributed by atoms with Gasteiger partial charge in [-0.1, -0.05) is 42.8 Å². The molecule has 37 heavy (non-hydrogen) atoms. The van der Waals surface area contributed by atoms with Gasteiger partial charge in [-0.2, -0.15) is 0 Å². The standard InChI is InChI=1S/C30H37N7/c1-8-20(4)16-32-27(35-19(2)3)23-11-9-10-12-24(23)28-36-25-15-21(22-17-33-29(31)34-18-22)13-14-26(25)37(28)30(5,6)7/h9-19H,8H2,1-7H3,(H,32,35)(H2,31,33,34)/b20-16+. The van der Waals surface area contributed by atoms with Crippen LogP contribution in [0.5, 0.6) is 0 Å². The number of aliphatic imine (C=N–C) groups is 1. The Bertz CT molecular complexity index is 1450. The van der Waals surface area contributed by atoms with Crippen LogP contribution in [0.3, 0.4) is 0 Å². The molecule has 7 nitrogen and oxygen atoms in total. The molecule has 0 aliphatic carbocycles. The quantitative estimate of drug-likeness (QED) is 0.233. The van der Waals surface area contributed by atoms with Gasteiger partial charge in [0, 0.05) is 46.9 Å². The lowest BCUT2D eigenvalue weighted by molar-refractivity contribution is 0.413. The van der Waals surface area contributed by atoms with Gasteiger partial charge in [-0.15, -0.1) is 0 Å². The molecule has 0 spiro atoms. The Kier molecular flexibility index (Phi) is 7.43. The molecule has 0 saturated carbocycles. The third kappa shape index (κ3) is 5.71. The van der Waals surface area contributed by atoms with E-state index in [0.29, 0.717) is 0 Å². The smallest absolute Gasteiger partial charge is 0.219 e. The fraction of sp³-hybridized carbons (Fsp3) is 0.333. The fourth-order valence-electron chi connectivity index (χ4n) is 4.23. The molecule has 0 bridgehead atoms. The second-order valence-electron chi connectivity index (χ2n) is 10.6. The summed E-state index contributed by atoms with van der Waals surface area (Å²) >= 11 is 0. The van der Waals surface area contributed by atoms with E-state index in [-0.39, 0.29) is 17.5 Å². The van der Waals surface area contributed by atoms with Gasteiger partial charge in [0.05, 0.1) is 11.0 Å². The Morgan fingerprint density at radius 2 is 1.78 bits per heavy atom. The Hall–Kier alpha value is -4.00. The number of imidazole rings is 1. The van der Waals surface area contributed by atoms with Crippen LogP contribution in [0, 0.1) is 0 Å². The van der Waals surface area contributed by atoms with Gasteiger partial charge in [-0.05, 0) is 65.7 Å². The molecule has 2 aromatic heterocycles. The van der Waals surface area contributed by atoms with Crippen LogP contribution in [0.25, 0.3) is 33.5 Å². The van der Waals surface area contributed by atoms with Crippen molar-refractivity contribution in [1.29, 1.82) is 0 Å². The number of amidine groups is 1. The van der Waals surface area contributed by atoms with Gasteiger partial charge in [-0.25, -0.2) is 15.0 Å². The molecule has 0 fully saturated rings. The van der Waals surface area contributed by atoms with E-state index < -0.39 is 0 Å². The Balaban J connectivity index is 1.93. The molecule has 0 amide bonds. The molecular formula is C30H37N7. The Morgan fingerprint density at radius 3 is 2.43 bits per heavy atom. The summed E-state index contributed by atoms with van der Waals surface area (Å²) in [6, 6.07) is 14.8. The number of anilines is 1. The number of nitrogens with zero attached hydrogens (tertiary/aromatic N) is 5. The first-order valence-electron chi connectivity index (χ1n) is 12.8. The van der Waals surface area contributed by atoms with E-state index >= 15 is 0 Å². The number of hydrogen-bond donors (Lipinski definition) is 2. The summed E-state index contributed by atoms with van der Waals surface area (Å²) in [5, 5.41) is 3.48. The van der Waals surface area contributed by atoms with Gasteiger partial charge >= 0.3 is 0 Å². The number of rotatable bonds is 6. The first-order chi connectivity index (χ1) is 17.6. The van der Waals surface area contributed by atoms with Gasteiger partial charge in [0.25, 0.3) is 0 Å². The van der Waals surface area contributed by atoms with Crippen molar-refractivity contribution >= 4 is 22.8 Å². The summed E-state index contributed by atoms with van der Waals surface area (Å²) in [4.78, 5) is 18.4. The predicted molar refractivity (Wildman–Crippen MR) is 154 cm³/mol. The van der Waals surface area contributed by atoms with Crippen molar-refractivity contribution in [1.82, 2.24) is 24.8 Å². The van der Waals surface area contributed by atoms with Gasteiger partial charge in [0.15, 0.2) is 0 Å². The van der Waals surface area contributed by atoms with Crippen molar-refractivity contribution in [3.05, 3.63) is 72.2 Å². The molecule has 2 aromatic carbocycles. The molecule has 0 radical (unpaired) electrons. The summed E-state index contributed by atoms with van der Waals surface area (Å²) in [5.74, 6) is 2.00. The van der Waals surface area contributed by atoms with Crippen molar-refractivity contribution in [2.24, 2.45) is 4.99 Å². The SMILES string of the molecule is CC/C(C)=C/NC(=NC(C)C)c1ccccc1-c1nc2cc(-c3cnc(N)nc3)ccc2n1C(C)(C)C. The minimum absolute atomic E-state index is 0.136. The minimum atomic E-state index is -0.204. The zero-order valence-electron chi connectivity index (χ0n) is 22.9. The molecule has 2 heterocycles. The molecule has 0 saturated heterocycles. The number of nitrogen functional groups attached to an aromatic ring is 1. The lowest BCUT2D eigenvalue weighted by Crippen LogP contribution is -2.25. The highest BCUT2D eigenvalue weighted by molar-refractivity contribution is 6.05. The average Bonchev–Trinajstić information content (AvgIpc) is 3.26. The molecule has 192 valence electrons. The molecule has 0 atom stereocenters. The molecule has 4 aromatic rings. The predicted octanol–water partition coefficient (Wildman–Crippen LogP) is 6.56. The highest BCUT2D eigenvalue weighted by Crippen LogP contribution is 2.34. The highest BCUT2D eigenvalue weighted by atomic mass is 15.1. The number of benzene rings is 2. The van der Waals surface area contributed by atoms with Gasteiger partial charge in [-0.3, -0.25) is 4.99 Å². The van der Waals surface area contributed by atoms with Crippen molar-refractivity contribution in [2.75, 3.05) is 5.73 Å². The van der Waals surface area contributed by atoms with E-state index in [1.165, 1.54) is 5.57 Å². The van der Waals surface area contributed by atoms with Crippen molar-refractivity contribution in [2.45, 2.75) is 66.5 Å². The molecule has 0 aliphatic rings. The lowest BCUT2D eigenvalue weighted by atomic mass is 10.0. The maximum Gasteiger partial charge on any atom is 0.219 e. The summed E-state index contributed by atoms with van der Waals surface area (Å²) in [6.07, 6.45) is 6.51. The number of allylic oxidation sites excluding steroid dienone is 1. The Morgan fingerprint density at radius 1 is 1.08 bits per heavy atom. The van der Waals surface area contributed by atoms with Crippen LogP contribution in [0.15, 0.2) is 71.6 Å². The molecular weight excluding hydrogens is 458 g/mol. The van der Waals surface area contributed by atoms with E-state index in [2.05, 4.69) is 111 Å². The minimum Gasteiger partial charge on any atom is -0.368 e. The molecule has 7 heteroatoms. The maximum absolute atomic E-state index is 5.69. The fourth-order valence-corrected chi connectivity index (χ4v) is 4.23. The van der Waals surface area contributed by atoms with Gasteiger partial charge in [0.1, 0.15) is 11.7 Å². The van der Waals surface area contributed by atoms with E-state index in [1.807, 2.05) is 6.20 Å². The Labute approximate surface area is 219 Å². The van der Waals surface area contributed by atoms with Crippen LogP contribution in [0.1, 0.15) is 60.5 Å². The number of aromatic nitrogens is 4. The number of fused-ring (bicyclic) bond motifs is 1. The summed E-state index contributed by atoms with van der Waals surface area (Å²) in [5.41, 5.74) is 12.7. The molecule has 0 unspecified atom stereocenters. The van der Waals surface area contributed by atoms with Crippen LogP contribution in [0.4, 0.5) is 5.95 Å². The molecule has 3 N–H and O–H groups in total. The number of nitrogens with two attached hydrogens (primary N) is 1. The third-order valence-corrected chi connectivity index (χ3v) is 6.15. The summed E-state index contributed by atoms with van der Waals surface area (Å²) in [6.45, 7) is 15.1. The zero-order chi connectivity index (χ0) is 26.7. The molecule has 4 rings (SSSR count). The van der Waals surface area contributed by atoms with Crippen LogP contribution in [0.2, 0.25) is 0 Å². The van der Waals surface area contributed by atoms with Gasteiger partial charge < -0.3 is 15.6 Å². The summed E-state index contributed by atoms with van der Waals surface area (Å²) in [7, 11) is 0. The average molecular weight is 496 g/mol. The van der Waals surface area contributed by atoms with Crippen molar-refractivity contribution in [3.63, 3.8) is 0 Å². The van der Waals surface area contributed by atoms with Crippen LogP contribution in [-0.4, -0.2) is 31.4 Å². The van der Waals surface area contributed by atoms with E-state index in [4.69, 9.17) is 15.7 Å². The van der Waals surface area contributed by atoms with Crippen molar-refractivity contribution in [3.8, 4) is 22.5 Å². The topological polar surface area (TPSA) is 94.0 Å². The zero-order valence-corrected chi connectivity index (χ0v) is 22.9. The first-order valence-corrected chi connectivity index (χ1v) is 12.8. The van der Waals surface area contributed by atoms with E-state index in [0.717, 1.165) is 51.4 Å². The second kappa shape index (κ2) is 10.5. The van der Waals surface area contributed by atoms with E-state index in [9.17, 15) is 0 Å². The highest BCUT2D eigenvalue weighted by Gasteiger charge is 2.25. The van der Waals surface area contributed by atoms with Crippen LogP contribution < -0.4 is 11.1 Å². The summed E-state index contributed by atoms with van der Waals surface area (Å²) < 4.78 is 2.31. The largest absolute Gasteiger partial charge is 0.368 e. The lowest BCUT2D eigenvalue weighted by Gasteiger charge is -2.25. The van der Waals surface area contributed by atoms with Crippen LogP contribution >= 0.6 is 0 Å². The normalized spacial score (nSPS) is 13.0. The second-order valence-corrected chi connectivity index (χ2v) is 10.6. The van der Waals surface area contributed by atoms with Gasteiger partial charge in [0.2, 0.25) is 5.95 Å². The number of hydrogen-bond acceptors (Lipinski definition) is 5. The number of nitrogens with one attached hydrogen (secondary N) is 1. The monoisotopic (exact) mass is 495 g/mol. The third-order valence-electron chi connectivity index (χ3n) is 6.15. The van der Waals surface area contributed by atoms with Crippen molar-refractivity contribution < 1.29 is 0 Å². The van der Waals surface area contributed by atoms with E-state index in [1.54, 1.807) is 12.4 Å². The van der Waals surface area contributed by atoms with Crippen LogP contribution in [-0.2, 0) is 5.54 Å². The first kappa shape index (κ1) is 26.1. The maximum atomic E-state index is 5.69. The molecule has 0 aliphatic heterocycles.